The van der Waals surface area contributed by atoms with Crippen LogP contribution in [0.2, 0.25) is 0 Å². The van der Waals surface area contributed by atoms with E-state index < -0.39 is 0 Å². The fraction of sp³-hybridized carbons (Fsp3) is 1.00. The Hall–Kier alpha value is -0.120. The summed E-state index contributed by atoms with van der Waals surface area (Å²) in [5.74, 6) is 0. The first kappa shape index (κ1) is 13.9. The van der Waals surface area contributed by atoms with Gasteiger partial charge in [-0.1, -0.05) is 0 Å². The van der Waals surface area contributed by atoms with Crippen LogP contribution in [-0.4, -0.2) is 50.8 Å². The maximum atomic E-state index is 5.84. The molecule has 0 aromatic rings. The summed E-state index contributed by atoms with van der Waals surface area (Å²) in [4.78, 5) is 2.47. The highest BCUT2D eigenvalue weighted by Gasteiger charge is 2.20. The lowest BCUT2D eigenvalue weighted by Gasteiger charge is -2.20. The highest BCUT2D eigenvalue weighted by molar-refractivity contribution is 4.75. The average molecular weight is 228 g/mol. The molecule has 1 aliphatic heterocycles. The Labute approximate surface area is 101 Å². The van der Waals surface area contributed by atoms with Crippen molar-refractivity contribution >= 4 is 0 Å². The largest absolute Gasteiger partial charge is 0.378 e. The molecule has 3 heteroatoms. The molecule has 0 aromatic heterocycles. The molecule has 1 heterocycles. The van der Waals surface area contributed by atoms with Crippen LogP contribution in [-0.2, 0) is 4.74 Å². The molecule has 1 rings (SSSR count). The molecule has 0 aromatic carbocycles. The minimum Gasteiger partial charge on any atom is -0.378 e. The van der Waals surface area contributed by atoms with Gasteiger partial charge < -0.3 is 15.0 Å². The Bertz CT molecular complexity index is 175. The van der Waals surface area contributed by atoms with Crippen molar-refractivity contribution in [2.45, 2.75) is 51.2 Å². The lowest BCUT2D eigenvalue weighted by Crippen LogP contribution is -2.26. The third-order valence-electron chi connectivity index (χ3n) is 3.56. The van der Waals surface area contributed by atoms with Gasteiger partial charge in [-0.25, -0.2) is 0 Å². The summed E-state index contributed by atoms with van der Waals surface area (Å²) in [6.07, 6.45) is 6.71. The SMILES string of the molecule is CNCCCC(C)OCCC1CCCN1C. The van der Waals surface area contributed by atoms with E-state index in [0.29, 0.717) is 6.10 Å². The molecule has 3 nitrogen and oxygen atoms in total. The first-order valence-electron chi connectivity index (χ1n) is 6.70. The lowest BCUT2D eigenvalue weighted by atomic mass is 10.1. The molecule has 96 valence electrons. The van der Waals surface area contributed by atoms with E-state index in [2.05, 4.69) is 24.2 Å². The highest BCUT2D eigenvalue weighted by Crippen LogP contribution is 2.18. The predicted molar refractivity (Wildman–Crippen MR) is 68.8 cm³/mol. The van der Waals surface area contributed by atoms with Gasteiger partial charge in [0, 0.05) is 12.6 Å². The lowest BCUT2D eigenvalue weighted by molar-refractivity contribution is 0.0476. The van der Waals surface area contributed by atoms with E-state index in [1.54, 1.807) is 0 Å². The molecule has 1 fully saturated rings. The maximum absolute atomic E-state index is 5.84. The molecule has 2 atom stereocenters. The van der Waals surface area contributed by atoms with Crippen molar-refractivity contribution in [1.29, 1.82) is 0 Å². The summed E-state index contributed by atoms with van der Waals surface area (Å²) >= 11 is 0. The molecule has 16 heavy (non-hydrogen) atoms. The van der Waals surface area contributed by atoms with Gasteiger partial charge in [0.25, 0.3) is 0 Å². The molecule has 0 aliphatic carbocycles. The van der Waals surface area contributed by atoms with Crippen molar-refractivity contribution in [3.63, 3.8) is 0 Å². The third kappa shape index (κ3) is 5.28. The zero-order valence-electron chi connectivity index (χ0n) is 11.2. The Kier molecular flexibility index (Phi) is 7.01. The number of likely N-dealkylation sites (tertiary alicyclic amines) is 1. The van der Waals surface area contributed by atoms with Gasteiger partial charge in [0.2, 0.25) is 0 Å². The molecule has 0 spiro atoms. The normalized spacial score (nSPS) is 23.8. The fourth-order valence-electron chi connectivity index (χ4n) is 2.40. The number of hydrogen-bond donors (Lipinski definition) is 1. The monoisotopic (exact) mass is 228 g/mol. The van der Waals surface area contributed by atoms with Crippen LogP contribution in [0.1, 0.15) is 39.0 Å². The Balaban J connectivity index is 1.97. The quantitative estimate of drug-likeness (QED) is 0.642. The van der Waals surface area contributed by atoms with Crippen molar-refractivity contribution < 1.29 is 4.74 Å². The van der Waals surface area contributed by atoms with Crippen LogP contribution in [0, 0.1) is 0 Å². The van der Waals surface area contributed by atoms with E-state index in [1.165, 1.54) is 38.6 Å². The standard InChI is InChI=1S/C13H28N2O/c1-12(6-4-9-14-2)16-11-8-13-7-5-10-15(13)3/h12-14H,4-11H2,1-3H3. The Morgan fingerprint density at radius 2 is 2.31 bits per heavy atom. The first-order chi connectivity index (χ1) is 7.74. The summed E-state index contributed by atoms with van der Waals surface area (Å²) in [6.45, 7) is 5.48. The number of rotatable bonds is 8. The van der Waals surface area contributed by atoms with Gasteiger partial charge >= 0.3 is 0 Å². The molecular weight excluding hydrogens is 200 g/mol. The van der Waals surface area contributed by atoms with Crippen LogP contribution in [0.25, 0.3) is 0 Å². The summed E-state index contributed by atoms with van der Waals surface area (Å²) in [5, 5.41) is 3.17. The minimum atomic E-state index is 0.417. The third-order valence-corrected chi connectivity index (χ3v) is 3.56. The Morgan fingerprint density at radius 3 is 2.94 bits per heavy atom. The second kappa shape index (κ2) is 8.04. The zero-order valence-corrected chi connectivity index (χ0v) is 11.2. The van der Waals surface area contributed by atoms with Gasteiger partial charge in [-0.3, -0.25) is 0 Å². The topological polar surface area (TPSA) is 24.5 Å². The van der Waals surface area contributed by atoms with Gasteiger partial charge in [-0.2, -0.15) is 0 Å². The summed E-state index contributed by atoms with van der Waals surface area (Å²) in [5.41, 5.74) is 0. The van der Waals surface area contributed by atoms with E-state index in [-0.39, 0.29) is 0 Å². The molecule has 0 radical (unpaired) electrons. The molecule has 0 amide bonds. The molecule has 1 saturated heterocycles. The van der Waals surface area contributed by atoms with Crippen LogP contribution in [0.5, 0.6) is 0 Å². The summed E-state index contributed by atoms with van der Waals surface area (Å²) in [7, 11) is 4.23. The van der Waals surface area contributed by atoms with Gasteiger partial charge in [0.1, 0.15) is 0 Å². The van der Waals surface area contributed by atoms with Gasteiger partial charge in [-0.15, -0.1) is 0 Å². The number of nitrogens with zero attached hydrogens (tertiary/aromatic N) is 1. The van der Waals surface area contributed by atoms with E-state index in [0.717, 1.165) is 19.2 Å². The number of nitrogens with one attached hydrogen (secondary N) is 1. The van der Waals surface area contributed by atoms with Crippen molar-refractivity contribution in [3.8, 4) is 0 Å². The molecule has 0 saturated carbocycles. The van der Waals surface area contributed by atoms with E-state index in [9.17, 15) is 0 Å². The Morgan fingerprint density at radius 1 is 1.50 bits per heavy atom. The van der Waals surface area contributed by atoms with Crippen LogP contribution in [0.4, 0.5) is 0 Å². The van der Waals surface area contributed by atoms with Gasteiger partial charge in [0.05, 0.1) is 6.10 Å². The maximum Gasteiger partial charge on any atom is 0.0547 e. The van der Waals surface area contributed by atoms with Crippen molar-refractivity contribution in [2.24, 2.45) is 0 Å². The minimum absolute atomic E-state index is 0.417. The second-order valence-electron chi connectivity index (χ2n) is 4.99. The molecule has 1 N–H and O–H groups in total. The molecular formula is C13H28N2O. The van der Waals surface area contributed by atoms with Crippen LogP contribution >= 0.6 is 0 Å². The second-order valence-corrected chi connectivity index (χ2v) is 4.99. The van der Waals surface area contributed by atoms with Crippen molar-refractivity contribution in [1.82, 2.24) is 10.2 Å². The zero-order chi connectivity index (χ0) is 11.8. The first-order valence-corrected chi connectivity index (χ1v) is 6.70. The van der Waals surface area contributed by atoms with Gasteiger partial charge in [0.15, 0.2) is 0 Å². The van der Waals surface area contributed by atoms with Gasteiger partial charge in [-0.05, 0) is 66.2 Å². The van der Waals surface area contributed by atoms with Crippen LogP contribution < -0.4 is 5.32 Å². The van der Waals surface area contributed by atoms with Crippen LogP contribution in [0.15, 0.2) is 0 Å². The number of ether oxygens (including phenoxy) is 1. The van der Waals surface area contributed by atoms with E-state index in [1.807, 2.05) is 7.05 Å². The molecule has 2 unspecified atom stereocenters. The fourth-order valence-corrected chi connectivity index (χ4v) is 2.40. The summed E-state index contributed by atoms with van der Waals surface area (Å²) < 4.78 is 5.84. The van der Waals surface area contributed by atoms with Crippen molar-refractivity contribution in [2.75, 3.05) is 33.8 Å². The average Bonchev–Trinajstić information content (AvgIpc) is 2.65. The number of hydrogen-bond acceptors (Lipinski definition) is 3. The smallest absolute Gasteiger partial charge is 0.0547 e. The summed E-state index contributed by atoms with van der Waals surface area (Å²) in [6, 6.07) is 0.768. The van der Waals surface area contributed by atoms with E-state index >= 15 is 0 Å². The predicted octanol–water partition coefficient (Wildman–Crippen LogP) is 1.88. The van der Waals surface area contributed by atoms with Crippen LogP contribution in [0.3, 0.4) is 0 Å². The highest BCUT2D eigenvalue weighted by atomic mass is 16.5. The molecule has 1 aliphatic rings. The van der Waals surface area contributed by atoms with Crippen molar-refractivity contribution in [3.05, 3.63) is 0 Å². The molecule has 0 bridgehead atoms. The van der Waals surface area contributed by atoms with E-state index in [4.69, 9.17) is 4.74 Å².